The maximum atomic E-state index is 12.5. The summed E-state index contributed by atoms with van der Waals surface area (Å²) in [6, 6.07) is 17.6. The third kappa shape index (κ3) is 5.10. The Morgan fingerprint density at radius 1 is 1.22 bits per heavy atom. The Hall–Kier alpha value is -2.80. The number of nitrogens with one attached hydrogen (secondary N) is 2. The van der Waals surface area contributed by atoms with Gasteiger partial charge in [-0.2, -0.15) is 0 Å². The van der Waals surface area contributed by atoms with Gasteiger partial charge in [0.15, 0.2) is 5.16 Å². The number of hydrogen-bond acceptors (Lipinski definition) is 4. The second-order valence-electron chi connectivity index (χ2n) is 6.32. The Labute approximate surface area is 162 Å². The fourth-order valence-corrected chi connectivity index (χ4v) is 3.54. The van der Waals surface area contributed by atoms with E-state index >= 15 is 0 Å². The molecule has 2 aromatic carbocycles. The van der Waals surface area contributed by atoms with Gasteiger partial charge in [-0.3, -0.25) is 9.36 Å². The lowest BCUT2D eigenvalue weighted by atomic mass is 10.1. The van der Waals surface area contributed by atoms with Gasteiger partial charge in [0.2, 0.25) is 5.91 Å². The molecular weight excluding hydrogens is 360 g/mol. The standard InChI is InChI=1S/C20H22N4O2S/c1-14-7-6-10-17(13-14)21-18(25)15(2)27-20-23-22-19(26)24(20)12-11-16-8-4-3-5-9-16/h3-10,13,15H,11-12H2,1-2H3,(H,21,25)(H,22,26). The summed E-state index contributed by atoms with van der Waals surface area (Å²) < 4.78 is 1.58. The predicted molar refractivity (Wildman–Crippen MR) is 108 cm³/mol. The fourth-order valence-electron chi connectivity index (χ4n) is 2.65. The molecule has 0 aliphatic heterocycles. The molecule has 0 spiro atoms. The fraction of sp³-hybridized carbons (Fsp3) is 0.250. The van der Waals surface area contributed by atoms with Crippen molar-refractivity contribution < 1.29 is 4.79 Å². The van der Waals surface area contributed by atoms with E-state index in [9.17, 15) is 9.59 Å². The van der Waals surface area contributed by atoms with Crippen molar-refractivity contribution in [2.45, 2.75) is 37.2 Å². The lowest BCUT2D eigenvalue weighted by Gasteiger charge is -2.12. The van der Waals surface area contributed by atoms with Crippen molar-refractivity contribution in [3.63, 3.8) is 0 Å². The molecule has 7 heteroatoms. The van der Waals surface area contributed by atoms with Crippen molar-refractivity contribution in [1.82, 2.24) is 14.8 Å². The lowest BCUT2D eigenvalue weighted by molar-refractivity contribution is -0.115. The van der Waals surface area contributed by atoms with Crippen molar-refractivity contribution in [2.75, 3.05) is 5.32 Å². The number of amides is 1. The van der Waals surface area contributed by atoms with E-state index in [2.05, 4.69) is 15.5 Å². The van der Waals surface area contributed by atoms with Crippen LogP contribution >= 0.6 is 11.8 Å². The van der Waals surface area contributed by atoms with Crippen molar-refractivity contribution in [2.24, 2.45) is 0 Å². The summed E-state index contributed by atoms with van der Waals surface area (Å²) in [5.41, 5.74) is 2.72. The van der Waals surface area contributed by atoms with Crippen LogP contribution < -0.4 is 11.0 Å². The maximum Gasteiger partial charge on any atom is 0.343 e. The minimum Gasteiger partial charge on any atom is -0.325 e. The molecule has 0 aliphatic rings. The molecule has 140 valence electrons. The molecule has 27 heavy (non-hydrogen) atoms. The van der Waals surface area contributed by atoms with Gasteiger partial charge in [0, 0.05) is 12.2 Å². The molecule has 0 saturated heterocycles. The summed E-state index contributed by atoms with van der Waals surface area (Å²) in [5.74, 6) is -0.129. The second-order valence-corrected chi connectivity index (χ2v) is 7.63. The summed E-state index contributed by atoms with van der Waals surface area (Å²) in [4.78, 5) is 24.5. The first-order valence-corrected chi connectivity index (χ1v) is 9.64. The zero-order valence-corrected chi connectivity index (χ0v) is 16.1. The summed E-state index contributed by atoms with van der Waals surface area (Å²) >= 11 is 1.27. The van der Waals surface area contributed by atoms with Gasteiger partial charge >= 0.3 is 5.69 Å². The SMILES string of the molecule is Cc1cccc(NC(=O)C(C)Sc2n[nH]c(=O)n2CCc2ccccc2)c1. The van der Waals surface area contributed by atoms with Crippen molar-refractivity contribution in [3.05, 3.63) is 76.2 Å². The van der Waals surface area contributed by atoms with Gasteiger partial charge in [0.05, 0.1) is 5.25 Å². The summed E-state index contributed by atoms with van der Waals surface area (Å²) in [6.07, 6.45) is 0.720. The van der Waals surface area contributed by atoms with Gasteiger partial charge in [-0.15, -0.1) is 5.10 Å². The van der Waals surface area contributed by atoms with Crippen LogP contribution in [0.4, 0.5) is 5.69 Å². The largest absolute Gasteiger partial charge is 0.343 e. The number of nitrogens with zero attached hydrogens (tertiary/aromatic N) is 2. The number of aromatic nitrogens is 3. The van der Waals surface area contributed by atoms with E-state index in [1.807, 2.05) is 61.5 Å². The number of carbonyl (C=O) groups excluding carboxylic acids is 1. The first-order valence-electron chi connectivity index (χ1n) is 8.76. The monoisotopic (exact) mass is 382 g/mol. The number of H-pyrrole nitrogens is 1. The van der Waals surface area contributed by atoms with Crippen molar-refractivity contribution in [3.8, 4) is 0 Å². The molecule has 1 unspecified atom stereocenters. The molecule has 1 heterocycles. The Morgan fingerprint density at radius 3 is 2.74 bits per heavy atom. The first kappa shape index (κ1) is 19.0. The third-order valence-electron chi connectivity index (χ3n) is 4.13. The molecule has 1 aromatic heterocycles. The number of carbonyl (C=O) groups is 1. The molecule has 0 aliphatic carbocycles. The average molecular weight is 382 g/mol. The Bertz CT molecular complexity index is 965. The molecule has 0 saturated carbocycles. The van der Waals surface area contributed by atoms with Gasteiger partial charge in [-0.05, 0) is 43.5 Å². The van der Waals surface area contributed by atoms with Crippen LogP contribution in [0.1, 0.15) is 18.1 Å². The summed E-state index contributed by atoms with van der Waals surface area (Å²) in [5, 5.41) is 9.59. The quantitative estimate of drug-likeness (QED) is 0.615. The van der Waals surface area contributed by atoms with Crippen LogP contribution in [0.2, 0.25) is 0 Å². The number of hydrogen-bond donors (Lipinski definition) is 2. The Morgan fingerprint density at radius 2 is 2.00 bits per heavy atom. The minimum absolute atomic E-state index is 0.129. The molecule has 0 bridgehead atoms. The highest BCUT2D eigenvalue weighted by atomic mass is 32.2. The van der Waals surface area contributed by atoms with Gasteiger partial charge < -0.3 is 5.32 Å². The molecule has 1 atom stereocenters. The summed E-state index contributed by atoms with van der Waals surface area (Å²) in [6.45, 7) is 4.29. The number of anilines is 1. The van der Waals surface area contributed by atoms with E-state index < -0.39 is 5.25 Å². The number of benzene rings is 2. The van der Waals surface area contributed by atoms with Crippen LogP contribution in [0.15, 0.2) is 64.5 Å². The van der Waals surface area contributed by atoms with E-state index in [1.165, 1.54) is 11.8 Å². The van der Waals surface area contributed by atoms with Crippen molar-refractivity contribution >= 4 is 23.4 Å². The molecule has 2 N–H and O–H groups in total. The zero-order chi connectivity index (χ0) is 19.2. The highest BCUT2D eigenvalue weighted by molar-refractivity contribution is 8.00. The van der Waals surface area contributed by atoms with Crippen LogP contribution in [0.3, 0.4) is 0 Å². The second kappa shape index (κ2) is 8.73. The smallest absolute Gasteiger partial charge is 0.325 e. The third-order valence-corrected chi connectivity index (χ3v) is 5.22. The van der Waals surface area contributed by atoms with Gasteiger partial charge in [0.25, 0.3) is 0 Å². The van der Waals surface area contributed by atoms with E-state index in [4.69, 9.17) is 0 Å². The normalized spacial score (nSPS) is 11.9. The Balaban J connectivity index is 1.64. The zero-order valence-electron chi connectivity index (χ0n) is 15.3. The van der Waals surface area contributed by atoms with Crippen LogP contribution in [0, 0.1) is 6.92 Å². The summed E-state index contributed by atoms with van der Waals surface area (Å²) in [7, 11) is 0. The molecule has 3 rings (SSSR count). The lowest BCUT2D eigenvalue weighted by Crippen LogP contribution is -2.24. The van der Waals surface area contributed by atoms with E-state index in [0.29, 0.717) is 11.7 Å². The van der Waals surface area contributed by atoms with Crippen molar-refractivity contribution in [1.29, 1.82) is 0 Å². The Kier molecular flexibility index (Phi) is 6.13. The number of thioether (sulfide) groups is 1. The molecule has 0 fully saturated rings. The number of aryl methyl sites for hydroxylation is 2. The molecule has 1 amide bonds. The molecule has 0 radical (unpaired) electrons. The first-order chi connectivity index (χ1) is 13.0. The van der Waals surface area contributed by atoms with Gasteiger partial charge in [0.1, 0.15) is 0 Å². The van der Waals surface area contributed by atoms with Crippen LogP contribution in [-0.4, -0.2) is 25.9 Å². The van der Waals surface area contributed by atoms with E-state index in [1.54, 1.807) is 11.5 Å². The highest BCUT2D eigenvalue weighted by Crippen LogP contribution is 2.22. The molecule has 6 nitrogen and oxygen atoms in total. The van der Waals surface area contributed by atoms with E-state index in [0.717, 1.165) is 23.2 Å². The molecular formula is C20H22N4O2S. The van der Waals surface area contributed by atoms with Crippen LogP contribution in [0.5, 0.6) is 0 Å². The number of aromatic amines is 1. The number of rotatable bonds is 7. The van der Waals surface area contributed by atoms with Gasteiger partial charge in [-0.1, -0.05) is 54.2 Å². The van der Waals surface area contributed by atoms with E-state index in [-0.39, 0.29) is 11.6 Å². The highest BCUT2D eigenvalue weighted by Gasteiger charge is 2.19. The molecule has 3 aromatic rings. The van der Waals surface area contributed by atoms with Gasteiger partial charge in [-0.25, -0.2) is 9.89 Å². The van der Waals surface area contributed by atoms with Crippen LogP contribution in [-0.2, 0) is 17.8 Å². The minimum atomic E-state index is -0.392. The predicted octanol–water partition coefficient (Wildman–Crippen LogP) is 3.24. The topological polar surface area (TPSA) is 79.8 Å². The van der Waals surface area contributed by atoms with Crippen LogP contribution in [0.25, 0.3) is 0 Å². The maximum absolute atomic E-state index is 12.5. The average Bonchev–Trinajstić information content (AvgIpc) is 3.00.